The molecular formula is C11H23N3O. The highest BCUT2D eigenvalue weighted by atomic mass is 16.2. The highest BCUT2D eigenvalue weighted by molar-refractivity contribution is 5.76. The van der Waals surface area contributed by atoms with Gasteiger partial charge in [0, 0.05) is 26.2 Å². The van der Waals surface area contributed by atoms with Crippen molar-refractivity contribution in [2.24, 2.45) is 11.7 Å². The van der Waals surface area contributed by atoms with Crippen LogP contribution < -0.4 is 5.73 Å². The molecule has 0 atom stereocenters. The monoisotopic (exact) mass is 213 g/mol. The zero-order valence-electron chi connectivity index (χ0n) is 9.91. The first-order valence-corrected chi connectivity index (χ1v) is 5.89. The van der Waals surface area contributed by atoms with Crippen LogP contribution in [0.25, 0.3) is 0 Å². The van der Waals surface area contributed by atoms with Crippen LogP contribution in [-0.4, -0.2) is 48.6 Å². The summed E-state index contributed by atoms with van der Waals surface area (Å²) in [4.78, 5) is 15.7. The summed E-state index contributed by atoms with van der Waals surface area (Å²) in [6.07, 6.45) is 2.00. The standard InChI is InChI=1S/C11H23N3O/c1-10(2)4-7-14-9-8-13(11(14)15)6-3-5-12/h10H,3-9,12H2,1-2H3. The topological polar surface area (TPSA) is 49.6 Å². The molecule has 15 heavy (non-hydrogen) atoms. The number of amides is 2. The molecule has 4 nitrogen and oxygen atoms in total. The van der Waals surface area contributed by atoms with E-state index in [2.05, 4.69) is 13.8 Å². The predicted octanol–water partition coefficient (Wildman–Crippen LogP) is 1.12. The van der Waals surface area contributed by atoms with Gasteiger partial charge in [-0.2, -0.15) is 0 Å². The van der Waals surface area contributed by atoms with Gasteiger partial charge in [0.25, 0.3) is 0 Å². The van der Waals surface area contributed by atoms with Crippen LogP contribution in [0.2, 0.25) is 0 Å². The highest BCUT2D eigenvalue weighted by Crippen LogP contribution is 2.11. The van der Waals surface area contributed by atoms with Crippen LogP contribution in [0.5, 0.6) is 0 Å². The molecule has 1 saturated heterocycles. The lowest BCUT2D eigenvalue weighted by Crippen LogP contribution is -2.34. The van der Waals surface area contributed by atoms with E-state index in [4.69, 9.17) is 5.73 Å². The van der Waals surface area contributed by atoms with Gasteiger partial charge in [0.1, 0.15) is 0 Å². The zero-order valence-corrected chi connectivity index (χ0v) is 9.91. The van der Waals surface area contributed by atoms with E-state index >= 15 is 0 Å². The SMILES string of the molecule is CC(C)CCN1CCN(CCCN)C1=O. The molecule has 1 aliphatic heterocycles. The number of urea groups is 1. The number of carbonyl (C=O) groups excluding carboxylic acids is 1. The maximum atomic E-state index is 11.8. The fraction of sp³-hybridized carbons (Fsp3) is 0.909. The van der Waals surface area contributed by atoms with Crippen LogP contribution >= 0.6 is 0 Å². The summed E-state index contributed by atoms with van der Waals surface area (Å²) in [5.74, 6) is 0.663. The molecule has 0 unspecified atom stereocenters. The van der Waals surface area contributed by atoms with E-state index in [9.17, 15) is 4.79 Å². The number of rotatable bonds is 6. The Bertz CT molecular complexity index is 206. The first kappa shape index (κ1) is 12.3. The average Bonchev–Trinajstić information content (AvgIpc) is 2.54. The van der Waals surface area contributed by atoms with Crippen LogP contribution in [0.1, 0.15) is 26.7 Å². The molecule has 1 rings (SSSR count). The second-order valence-electron chi connectivity index (χ2n) is 4.58. The van der Waals surface area contributed by atoms with Crippen molar-refractivity contribution in [3.05, 3.63) is 0 Å². The molecule has 4 heteroatoms. The van der Waals surface area contributed by atoms with Gasteiger partial charge in [-0.15, -0.1) is 0 Å². The summed E-state index contributed by atoms with van der Waals surface area (Å²) in [7, 11) is 0. The first-order chi connectivity index (χ1) is 7.15. The Labute approximate surface area is 92.4 Å². The van der Waals surface area contributed by atoms with E-state index in [1.54, 1.807) is 0 Å². The van der Waals surface area contributed by atoms with Gasteiger partial charge in [-0.25, -0.2) is 4.79 Å². The van der Waals surface area contributed by atoms with Crippen LogP contribution in [0.15, 0.2) is 0 Å². The van der Waals surface area contributed by atoms with Crippen molar-refractivity contribution >= 4 is 6.03 Å². The second kappa shape index (κ2) is 5.95. The number of nitrogens with two attached hydrogens (primary N) is 1. The summed E-state index contributed by atoms with van der Waals surface area (Å²) in [6, 6.07) is 0.198. The fourth-order valence-corrected chi connectivity index (χ4v) is 1.74. The Kier molecular flexibility index (Phi) is 4.88. The second-order valence-corrected chi connectivity index (χ2v) is 4.58. The molecule has 0 saturated carbocycles. The number of hydrogen-bond acceptors (Lipinski definition) is 2. The lowest BCUT2D eigenvalue weighted by molar-refractivity contribution is 0.190. The largest absolute Gasteiger partial charge is 0.330 e. The number of nitrogens with zero attached hydrogens (tertiary/aromatic N) is 2. The fourth-order valence-electron chi connectivity index (χ4n) is 1.74. The maximum Gasteiger partial charge on any atom is 0.320 e. The van der Waals surface area contributed by atoms with Gasteiger partial charge in [-0.3, -0.25) is 0 Å². The average molecular weight is 213 g/mol. The molecule has 0 aromatic carbocycles. The Morgan fingerprint density at radius 2 is 1.87 bits per heavy atom. The zero-order chi connectivity index (χ0) is 11.3. The highest BCUT2D eigenvalue weighted by Gasteiger charge is 2.27. The van der Waals surface area contributed by atoms with E-state index in [1.807, 2.05) is 9.80 Å². The van der Waals surface area contributed by atoms with E-state index in [0.717, 1.165) is 39.0 Å². The van der Waals surface area contributed by atoms with Crippen molar-refractivity contribution in [3.63, 3.8) is 0 Å². The molecule has 0 aromatic heterocycles. The molecule has 1 aliphatic rings. The van der Waals surface area contributed by atoms with E-state index < -0.39 is 0 Å². The third-order valence-electron chi connectivity index (χ3n) is 2.79. The minimum absolute atomic E-state index is 0.198. The Balaban J connectivity index is 2.29. The van der Waals surface area contributed by atoms with Crippen LogP contribution in [0.3, 0.4) is 0 Å². The van der Waals surface area contributed by atoms with Gasteiger partial charge >= 0.3 is 6.03 Å². The van der Waals surface area contributed by atoms with Crippen molar-refractivity contribution < 1.29 is 4.79 Å². The lowest BCUT2D eigenvalue weighted by Gasteiger charge is -2.19. The van der Waals surface area contributed by atoms with Gasteiger partial charge in [-0.1, -0.05) is 13.8 Å². The molecule has 1 fully saturated rings. The normalized spacial score (nSPS) is 16.9. The molecule has 0 aliphatic carbocycles. The molecule has 0 spiro atoms. The maximum absolute atomic E-state index is 11.8. The van der Waals surface area contributed by atoms with Crippen LogP contribution in [0.4, 0.5) is 4.79 Å². The quantitative estimate of drug-likeness (QED) is 0.719. The minimum Gasteiger partial charge on any atom is -0.330 e. The van der Waals surface area contributed by atoms with Crippen molar-refractivity contribution in [2.45, 2.75) is 26.7 Å². The van der Waals surface area contributed by atoms with E-state index in [0.29, 0.717) is 12.5 Å². The van der Waals surface area contributed by atoms with Gasteiger partial charge in [0.2, 0.25) is 0 Å². The molecule has 1 heterocycles. The van der Waals surface area contributed by atoms with Crippen molar-refractivity contribution in [1.82, 2.24) is 9.80 Å². The van der Waals surface area contributed by atoms with E-state index in [1.165, 1.54) is 0 Å². The van der Waals surface area contributed by atoms with Gasteiger partial charge < -0.3 is 15.5 Å². The summed E-state index contributed by atoms with van der Waals surface area (Å²) >= 11 is 0. The Morgan fingerprint density at radius 3 is 2.40 bits per heavy atom. The summed E-state index contributed by atoms with van der Waals surface area (Å²) < 4.78 is 0. The Hall–Kier alpha value is -0.770. The molecule has 2 amide bonds. The molecule has 0 bridgehead atoms. The van der Waals surface area contributed by atoms with Gasteiger partial charge in [-0.05, 0) is 25.3 Å². The van der Waals surface area contributed by atoms with Gasteiger partial charge in [0.15, 0.2) is 0 Å². The summed E-state index contributed by atoms with van der Waals surface area (Å²) in [5.41, 5.74) is 5.43. The molecule has 0 radical (unpaired) electrons. The third-order valence-corrected chi connectivity index (χ3v) is 2.79. The molecule has 2 N–H and O–H groups in total. The Morgan fingerprint density at radius 1 is 1.27 bits per heavy atom. The first-order valence-electron chi connectivity index (χ1n) is 5.89. The van der Waals surface area contributed by atoms with Crippen molar-refractivity contribution in [3.8, 4) is 0 Å². The van der Waals surface area contributed by atoms with Crippen LogP contribution in [-0.2, 0) is 0 Å². The minimum atomic E-state index is 0.198. The number of hydrogen-bond donors (Lipinski definition) is 1. The smallest absolute Gasteiger partial charge is 0.320 e. The van der Waals surface area contributed by atoms with Crippen molar-refractivity contribution in [2.75, 3.05) is 32.7 Å². The predicted molar refractivity (Wildman–Crippen MR) is 61.7 cm³/mol. The number of carbonyl (C=O) groups is 1. The third kappa shape index (κ3) is 3.70. The van der Waals surface area contributed by atoms with Crippen molar-refractivity contribution in [1.29, 1.82) is 0 Å². The van der Waals surface area contributed by atoms with E-state index in [-0.39, 0.29) is 6.03 Å². The lowest BCUT2D eigenvalue weighted by atomic mass is 10.1. The molecule has 0 aromatic rings. The summed E-state index contributed by atoms with van der Waals surface area (Å²) in [6.45, 7) is 8.51. The van der Waals surface area contributed by atoms with Gasteiger partial charge in [0.05, 0.1) is 0 Å². The molecule has 88 valence electrons. The van der Waals surface area contributed by atoms with Crippen LogP contribution in [0, 0.1) is 5.92 Å². The summed E-state index contributed by atoms with van der Waals surface area (Å²) in [5, 5.41) is 0. The molecular weight excluding hydrogens is 190 g/mol.